The molecule has 3 heterocycles. The van der Waals surface area contributed by atoms with Gasteiger partial charge in [0.05, 0.1) is 6.20 Å². The van der Waals surface area contributed by atoms with E-state index in [1.807, 2.05) is 36.1 Å². The number of nitrogens with zero attached hydrogens (tertiary/aromatic N) is 6. The van der Waals surface area contributed by atoms with Crippen LogP contribution >= 0.6 is 0 Å². The average Bonchev–Trinajstić information content (AvgIpc) is 3.04. The van der Waals surface area contributed by atoms with Crippen LogP contribution in [0.2, 0.25) is 0 Å². The molecule has 0 saturated carbocycles. The van der Waals surface area contributed by atoms with Gasteiger partial charge >= 0.3 is 0 Å². The summed E-state index contributed by atoms with van der Waals surface area (Å²) in [4.78, 5) is 4.45. The predicted octanol–water partition coefficient (Wildman–Crippen LogP) is 1.13. The molecule has 7 nitrogen and oxygen atoms in total. The van der Waals surface area contributed by atoms with Gasteiger partial charge in [0.1, 0.15) is 0 Å². The van der Waals surface area contributed by atoms with Crippen LogP contribution in [0, 0.1) is 6.92 Å². The molecule has 0 atom stereocenters. The molecule has 0 unspecified atom stereocenters. The van der Waals surface area contributed by atoms with E-state index in [2.05, 4.69) is 25.7 Å². The molecule has 0 fully saturated rings. The number of fused-ring (bicyclic) bond motifs is 1. The normalized spacial score (nSPS) is 11.0. The molecular weight excluding hydrogens is 242 g/mol. The minimum absolute atomic E-state index is 0.660. The number of aromatic nitrogens is 6. The first-order chi connectivity index (χ1) is 9.33. The number of hydrogen-bond acceptors (Lipinski definition) is 5. The van der Waals surface area contributed by atoms with E-state index in [0.717, 1.165) is 30.7 Å². The summed E-state index contributed by atoms with van der Waals surface area (Å²) in [5.74, 6) is 0.660. The lowest BCUT2D eigenvalue weighted by molar-refractivity contribution is 0.569. The Kier molecular flexibility index (Phi) is 3.09. The molecule has 0 amide bonds. The molecule has 7 heteroatoms. The van der Waals surface area contributed by atoms with Gasteiger partial charge < -0.3 is 5.32 Å². The maximum atomic E-state index is 4.45. The molecule has 3 aromatic rings. The second kappa shape index (κ2) is 5.05. The van der Waals surface area contributed by atoms with Crippen molar-refractivity contribution in [3.05, 3.63) is 36.3 Å². The zero-order valence-electron chi connectivity index (χ0n) is 10.7. The van der Waals surface area contributed by atoms with Crippen molar-refractivity contribution in [3.8, 4) is 0 Å². The number of anilines is 1. The fourth-order valence-corrected chi connectivity index (χ4v) is 1.91. The van der Waals surface area contributed by atoms with Crippen LogP contribution in [-0.2, 0) is 6.54 Å². The molecular formula is C12H15N7. The van der Waals surface area contributed by atoms with Crippen molar-refractivity contribution >= 4 is 11.6 Å². The summed E-state index contributed by atoms with van der Waals surface area (Å²) < 4.78 is 3.60. The van der Waals surface area contributed by atoms with Gasteiger partial charge in [0.2, 0.25) is 5.95 Å². The zero-order valence-corrected chi connectivity index (χ0v) is 10.7. The van der Waals surface area contributed by atoms with Crippen molar-refractivity contribution in [1.82, 2.24) is 29.6 Å². The Labute approximate surface area is 110 Å². The van der Waals surface area contributed by atoms with Crippen molar-refractivity contribution in [3.63, 3.8) is 0 Å². The lowest BCUT2D eigenvalue weighted by Gasteiger charge is -2.01. The Bertz CT molecular complexity index is 656. The summed E-state index contributed by atoms with van der Waals surface area (Å²) in [6.07, 6.45) is 6.38. The third-order valence-corrected chi connectivity index (χ3v) is 2.88. The lowest BCUT2D eigenvalue weighted by Crippen LogP contribution is -2.08. The van der Waals surface area contributed by atoms with E-state index in [-0.39, 0.29) is 0 Å². The Morgan fingerprint density at radius 2 is 2.26 bits per heavy atom. The highest BCUT2D eigenvalue weighted by Gasteiger charge is 2.04. The number of aryl methyl sites for hydroxylation is 2. The number of pyridine rings is 1. The van der Waals surface area contributed by atoms with Gasteiger partial charge in [0, 0.05) is 25.5 Å². The number of nitrogens with one attached hydrogen (secondary N) is 1. The summed E-state index contributed by atoms with van der Waals surface area (Å²) >= 11 is 0. The molecule has 0 saturated heterocycles. The summed E-state index contributed by atoms with van der Waals surface area (Å²) in [6, 6.07) is 3.99. The molecule has 0 aliphatic heterocycles. The van der Waals surface area contributed by atoms with Crippen molar-refractivity contribution in [2.75, 3.05) is 11.9 Å². The molecule has 1 N–H and O–H groups in total. The SMILES string of the molecule is Cc1cccn2nc(NCCCn3ccnn3)nc12. The summed E-state index contributed by atoms with van der Waals surface area (Å²) in [6.45, 7) is 3.66. The van der Waals surface area contributed by atoms with E-state index >= 15 is 0 Å². The third-order valence-electron chi connectivity index (χ3n) is 2.88. The predicted molar refractivity (Wildman–Crippen MR) is 70.9 cm³/mol. The fourth-order valence-electron chi connectivity index (χ4n) is 1.91. The van der Waals surface area contributed by atoms with Gasteiger partial charge in [-0.3, -0.25) is 4.68 Å². The molecule has 0 aliphatic carbocycles. The van der Waals surface area contributed by atoms with E-state index in [9.17, 15) is 0 Å². The Morgan fingerprint density at radius 3 is 3.05 bits per heavy atom. The van der Waals surface area contributed by atoms with E-state index in [1.54, 1.807) is 10.7 Å². The number of rotatable bonds is 5. The molecule has 0 aromatic carbocycles. The standard InChI is InChI=1S/C12H15N7/c1-10-4-2-8-19-11(10)15-12(16-19)13-5-3-7-18-9-6-14-17-18/h2,4,6,8-9H,3,5,7H2,1H3,(H,13,16). The fraction of sp³-hybridized carbons (Fsp3) is 0.333. The van der Waals surface area contributed by atoms with E-state index < -0.39 is 0 Å². The molecule has 3 rings (SSSR count). The van der Waals surface area contributed by atoms with Gasteiger partial charge in [0.25, 0.3) is 0 Å². The monoisotopic (exact) mass is 257 g/mol. The van der Waals surface area contributed by atoms with Crippen LogP contribution < -0.4 is 5.32 Å². The minimum atomic E-state index is 0.660. The van der Waals surface area contributed by atoms with Crippen molar-refractivity contribution in [2.45, 2.75) is 19.9 Å². The Hall–Kier alpha value is -2.44. The second-order valence-corrected chi connectivity index (χ2v) is 4.34. The summed E-state index contributed by atoms with van der Waals surface area (Å²) in [5.41, 5.74) is 2.01. The largest absolute Gasteiger partial charge is 0.353 e. The lowest BCUT2D eigenvalue weighted by atomic mass is 10.3. The maximum Gasteiger partial charge on any atom is 0.243 e. The van der Waals surface area contributed by atoms with E-state index in [0.29, 0.717) is 5.95 Å². The molecule has 0 bridgehead atoms. The van der Waals surface area contributed by atoms with Crippen LogP contribution in [0.5, 0.6) is 0 Å². The van der Waals surface area contributed by atoms with E-state index in [4.69, 9.17) is 0 Å². The molecule has 98 valence electrons. The molecule has 0 radical (unpaired) electrons. The van der Waals surface area contributed by atoms with Crippen LogP contribution in [-0.4, -0.2) is 36.1 Å². The first-order valence-electron chi connectivity index (χ1n) is 6.23. The van der Waals surface area contributed by atoms with Gasteiger partial charge in [0.15, 0.2) is 5.65 Å². The Balaban J connectivity index is 1.58. The topological polar surface area (TPSA) is 72.9 Å². The summed E-state index contributed by atoms with van der Waals surface area (Å²) in [5, 5.41) is 15.3. The zero-order chi connectivity index (χ0) is 13.1. The highest BCUT2D eigenvalue weighted by Crippen LogP contribution is 2.09. The van der Waals surface area contributed by atoms with Crippen LogP contribution in [0.3, 0.4) is 0 Å². The van der Waals surface area contributed by atoms with Crippen LogP contribution in [0.4, 0.5) is 5.95 Å². The third kappa shape index (κ3) is 2.54. The van der Waals surface area contributed by atoms with Crippen molar-refractivity contribution in [1.29, 1.82) is 0 Å². The molecule has 0 spiro atoms. The highest BCUT2D eigenvalue weighted by atomic mass is 15.4. The van der Waals surface area contributed by atoms with Gasteiger partial charge in [-0.15, -0.1) is 10.2 Å². The first kappa shape index (κ1) is 11.6. The first-order valence-corrected chi connectivity index (χ1v) is 6.23. The number of hydrogen-bond donors (Lipinski definition) is 1. The average molecular weight is 257 g/mol. The molecule has 3 aromatic heterocycles. The summed E-state index contributed by atoms with van der Waals surface area (Å²) in [7, 11) is 0. The maximum absolute atomic E-state index is 4.45. The van der Waals surface area contributed by atoms with Crippen LogP contribution in [0.25, 0.3) is 5.65 Å². The van der Waals surface area contributed by atoms with Crippen LogP contribution in [0.1, 0.15) is 12.0 Å². The highest BCUT2D eigenvalue weighted by molar-refractivity contribution is 5.49. The minimum Gasteiger partial charge on any atom is -0.353 e. The van der Waals surface area contributed by atoms with Gasteiger partial charge in [-0.25, -0.2) is 4.52 Å². The van der Waals surface area contributed by atoms with Crippen molar-refractivity contribution in [2.24, 2.45) is 0 Å². The second-order valence-electron chi connectivity index (χ2n) is 4.34. The molecule has 19 heavy (non-hydrogen) atoms. The quantitative estimate of drug-likeness (QED) is 0.694. The Morgan fingerprint density at radius 1 is 1.32 bits per heavy atom. The smallest absolute Gasteiger partial charge is 0.243 e. The molecule has 0 aliphatic rings. The van der Waals surface area contributed by atoms with Gasteiger partial charge in [-0.1, -0.05) is 11.3 Å². The van der Waals surface area contributed by atoms with E-state index in [1.165, 1.54) is 0 Å². The van der Waals surface area contributed by atoms with Crippen molar-refractivity contribution < 1.29 is 0 Å². The van der Waals surface area contributed by atoms with Crippen LogP contribution in [0.15, 0.2) is 30.7 Å². The van der Waals surface area contributed by atoms with Gasteiger partial charge in [-0.05, 0) is 25.0 Å². The van der Waals surface area contributed by atoms with Gasteiger partial charge in [-0.2, -0.15) is 4.98 Å².